The summed E-state index contributed by atoms with van der Waals surface area (Å²) in [5.74, 6) is 0.401. The first-order chi connectivity index (χ1) is 13.2. The maximum Gasteiger partial charge on any atom is 0.260 e. The quantitative estimate of drug-likeness (QED) is 0.447. The molecule has 0 atom stereocenters. The van der Waals surface area contributed by atoms with E-state index in [1.807, 2.05) is 22.9 Å². The molecule has 1 aliphatic carbocycles. The van der Waals surface area contributed by atoms with Crippen LogP contribution < -0.4 is 5.56 Å². The molecule has 0 bridgehead atoms. The Bertz CT molecular complexity index is 1220. The lowest BCUT2D eigenvalue weighted by Gasteiger charge is -2.09. The summed E-state index contributed by atoms with van der Waals surface area (Å²) in [4.78, 5) is 28.0. The fourth-order valence-electron chi connectivity index (χ4n) is 3.34. The number of aromatic amines is 1. The molecule has 4 aromatic heterocycles. The van der Waals surface area contributed by atoms with Gasteiger partial charge in [-0.15, -0.1) is 34.0 Å². The standard InChI is InChI=1S/C19H14ClN3OS3/c20-12(8-10-9-26-18(21-10)14-6-3-7-25-14)16-22-17(24)15-11-4-1-2-5-13(11)27-19(15)23-16/h3,6-9H,1-2,4-5H2,(H,22,23,24). The number of hydrogen-bond acceptors (Lipinski definition) is 6. The molecule has 27 heavy (non-hydrogen) atoms. The second-order valence-electron chi connectivity index (χ2n) is 6.35. The zero-order valence-electron chi connectivity index (χ0n) is 14.1. The summed E-state index contributed by atoms with van der Waals surface area (Å²) in [5.41, 5.74) is 1.85. The summed E-state index contributed by atoms with van der Waals surface area (Å²) in [7, 11) is 0. The van der Waals surface area contributed by atoms with Crippen LogP contribution in [0.3, 0.4) is 0 Å². The normalized spacial score (nSPS) is 14.6. The summed E-state index contributed by atoms with van der Waals surface area (Å²) >= 11 is 11.3. The number of halogens is 1. The molecule has 0 saturated carbocycles. The van der Waals surface area contributed by atoms with Crippen molar-refractivity contribution in [3.8, 4) is 9.88 Å². The van der Waals surface area contributed by atoms with Crippen LogP contribution in [0.5, 0.6) is 0 Å². The number of nitrogens with zero attached hydrogens (tertiary/aromatic N) is 2. The molecule has 5 rings (SSSR count). The third-order valence-electron chi connectivity index (χ3n) is 4.58. The Hall–Kier alpha value is -1.80. The monoisotopic (exact) mass is 431 g/mol. The number of fused-ring (bicyclic) bond motifs is 3. The van der Waals surface area contributed by atoms with E-state index in [4.69, 9.17) is 11.6 Å². The minimum absolute atomic E-state index is 0.0986. The van der Waals surface area contributed by atoms with Gasteiger partial charge in [-0.05, 0) is 48.8 Å². The first-order valence-corrected chi connectivity index (χ1v) is 11.6. The van der Waals surface area contributed by atoms with Crippen LogP contribution in [-0.2, 0) is 12.8 Å². The fourth-order valence-corrected chi connectivity index (χ4v) is 6.40. The van der Waals surface area contributed by atoms with Crippen LogP contribution in [-0.4, -0.2) is 15.0 Å². The van der Waals surface area contributed by atoms with Crippen molar-refractivity contribution in [2.45, 2.75) is 25.7 Å². The lowest BCUT2D eigenvalue weighted by Crippen LogP contribution is -2.12. The van der Waals surface area contributed by atoms with E-state index in [1.54, 1.807) is 40.1 Å². The van der Waals surface area contributed by atoms with E-state index in [1.165, 1.54) is 16.9 Å². The SMILES string of the molecule is O=c1[nH]c(C(Cl)=Cc2csc(-c3cccs3)n2)nc2sc3c(c12)CCCC3. The van der Waals surface area contributed by atoms with Gasteiger partial charge in [-0.25, -0.2) is 9.97 Å². The number of aromatic nitrogens is 3. The molecule has 0 radical (unpaired) electrons. The van der Waals surface area contributed by atoms with E-state index in [-0.39, 0.29) is 5.56 Å². The minimum Gasteiger partial charge on any atom is -0.305 e. The Kier molecular flexibility index (Phi) is 4.47. The van der Waals surface area contributed by atoms with Crippen molar-refractivity contribution in [2.75, 3.05) is 0 Å². The van der Waals surface area contributed by atoms with E-state index in [0.717, 1.165) is 45.1 Å². The summed E-state index contributed by atoms with van der Waals surface area (Å²) in [6.45, 7) is 0. The molecule has 4 heterocycles. The maximum atomic E-state index is 12.7. The molecule has 0 amide bonds. The highest BCUT2D eigenvalue weighted by atomic mass is 35.5. The first-order valence-electron chi connectivity index (χ1n) is 8.60. The third kappa shape index (κ3) is 3.18. The van der Waals surface area contributed by atoms with Gasteiger partial charge in [0.1, 0.15) is 9.84 Å². The van der Waals surface area contributed by atoms with Gasteiger partial charge in [0.25, 0.3) is 5.56 Å². The molecule has 1 aliphatic rings. The van der Waals surface area contributed by atoms with Crippen molar-refractivity contribution >= 4 is 66.9 Å². The minimum atomic E-state index is -0.0986. The zero-order valence-corrected chi connectivity index (χ0v) is 17.3. The van der Waals surface area contributed by atoms with Gasteiger partial charge in [0.2, 0.25) is 0 Å². The Morgan fingerprint density at radius 1 is 1.22 bits per heavy atom. The molecule has 8 heteroatoms. The predicted molar refractivity (Wildman–Crippen MR) is 116 cm³/mol. The molecule has 0 aliphatic heterocycles. The largest absolute Gasteiger partial charge is 0.305 e. The number of aryl methyl sites for hydroxylation is 2. The summed E-state index contributed by atoms with van der Waals surface area (Å²) in [5, 5.41) is 6.09. The van der Waals surface area contributed by atoms with Crippen molar-refractivity contribution < 1.29 is 0 Å². The molecule has 0 saturated heterocycles. The Morgan fingerprint density at radius 3 is 2.96 bits per heavy atom. The lowest BCUT2D eigenvalue weighted by molar-refractivity contribution is 0.700. The molecule has 0 spiro atoms. The van der Waals surface area contributed by atoms with E-state index >= 15 is 0 Å². The molecule has 4 aromatic rings. The molecule has 0 aromatic carbocycles. The van der Waals surface area contributed by atoms with E-state index in [0.29, 0.717) is 10.9 Å². The van der Waals surface area contributed by atoms with Gasteiger partial charge in [-0.3, -0.25) is 4.79 Å². The Morgan fingerprint density at radius 2 is 2.11 bits per heavy atom. The smallest absolute Gasteiger partial charge is 0.260 e. The summed E-state index contributed by atoms with van der Waals surface area (Å²) < 4.78 is 0. The van der Waals surface area contributed by atoms with Gasteiger partial charge in [0, 0.05) is 10.3 Å². The van der Waals surface area contributed by atoms with Crippen LogP contribution in [0.1, 0.15) is 34.8 Å². The highest BCUT2D eigenvalue weighted by Gasteiger charge is 2.20. The van der Waals surface area contributed by atoms with Crippen LogP contribution in [0.15, 0.2) is 27.7 Å². The molecule has 136 valence electrons. The predicted octanol–water partition coefficient (Wildman–Crippen LogP) is 5.79. The van der Waals surface area contributed by atoms with E-state index in [9.17, 15) is 4.79 Å². The summed E-state index contributed by atoms with van der Waals surface area (Å²) in [6, 6.07) is 4.05. The average Bonchev–Trinajstić information content (AvgIpc) is 3.40. The molecule has 4 nitrogen and oxygen atoms in total. The van der Waals surface area contributed by atoms with Gasteiger partial charge in [0.05, 0.1) is 21.0 Å². The van der Waals surface area contributed by atoms with Crippen LogP contribution in [0.25, 0.3) is 31.2 Å². The van der Waals surface area contributed by atoms with Crippen LogP contribution in [0.4, 0.5) is 0 Å². The fraction of sp³-hybridized carbons (Fsp3) is 0.211. The third-order valence-corrected chi connectivity index (χ3v) is 7.95. The second-order valence-corrected chi connectivity index (χ2v) is 9.65. The number of thiazole rings is 1. The van der Waals surface area contributed by atoms with Gasteiger partial charge in [0.15, 0.2) is 5.82 Å². The molecule has 0 unspecified atom stereocenters. The van der Waals surface area contributed by atoms with Crippen LogP contribution >= 0.6 is 45.6 Å². The molecular weight excluding hydrogens is 418 g/mol. The number of nitrogens with one attached hydrogen (secondary N) is 1. The van der Waals surface area contributed by atoms with E-state index < -0.39 is 0 Å². The van der Waals surface area contributed by atoms with Gasteiger partial charge < -0.3 is 4.98 Å². The molecule has 0 fully saturated rings. The van der Waals surface area contributed by atoms with E-state index in [2.05, 4.69) is 15.0 Å². The summed E-state index contributed by atoms with van der Waals surface area (Å²) in [6.07, 6.45) is 6.08. The lowest BCUT2D eigenvalue weighted by atomic mass is 9.97. The van der Waals surface area contributed by atoms with Crippen molar-refractivity contribution in [3.05, 3.63) is 55.2 Å². The highest BCUT2D eigenvalue weighted by Crippen LogP contribution is 2.34. The maximum absolute atomic E-state index is 12.7. The van der Waals surface area contributed by atoms with Crippen molar-refractivity contribution in [3.63, 3.8) is 0 Å². The topological polar surface area (TPSA) is 58.6 Å². The number of H-pyrrole nitrogens is 1. The van der Waals surface area contributed by atoms with Gasteiger partial charge in [-0.2, -0.15) is 0 Å². The number of hydrogen-bond donors (Lipinski definition) is 1. The van der Waals surface area contributed by atoms with Crippen molar-refractivity contribution in [1.82, 2.24) is 15.0 Å². The number of rotatable bonds is 3. The van der Waals surface area contributed by atoms with Gasteiger partial charge in [-0.1, -0.05) is 17.7 Å². The first kappa shape index (κ1) is 17.3. The van der Waals surface area contributed by atoms with Crippen LogP contribution in [0, 0.1) is 0 Å². The zero-order chi connectivity index (χ0) is 18.4. The number of thiophene rings is 2. The average molecular weight is 432 g/mol. The Labute approximate surface area is 172 Å². The Balaban J connectivity index is 1.53. The molecular formula is C19H14ClN3OS3. The highest BCUT2D eigenvalue weighted by molar-refractivity contribution is 7.20. The van der Waals surface area contributed by atoms with Gasteiger partial charge >= 0.3 is 0 Å². The van der Waals surface area contributed by atoms with Crippen molar-refractivity contribution in [2.24, 2.45) is 0 Å². The molecule has 1 N–H and O–H groups in total. The second kappa shape index (κ2) is 6.98. The van der Waals surface area contributed by atoms with Crippen LogP contribution in [0.2, 0.25) is 0 Å². The van der Waals surface area contributed by atoms with Crippen molar-refractivity contribution in [1.29, 1.82) is 0 Å².